The van der Waals surface area contributed by atoms with Crippen molar-refractivity contribution in [2.75, 3.05) is 18.4 Å². The van der Waals surface area contributed by atoms with Crippen LogP contribution in [0.5, 0.6) is 0 Å². The molecule has 6 heteroatoms. The minimum atomic E-state index is -0.460. The van der Waals surface area contributed by atoms with Crippen LogP contribution in [-0.4, -0.2) is 35.6 Å². The number of carbonyl (C=O) groups is 1. The van der Waals surface area contributed by atoms with Crippen molar-refractivity contribution >= 4 is 17.5 Å². The fraction of sp³-hybridized carbons (Fsp3) is 0.636. The molecule has 0 bridgehead atoms. The van der Waals surface area contributed by atoms with Crippen molar-refractivity contribution < 1.29 is 14.5 Å². The Bertz CT molecular complexity index is 734. The molecule has 1 spiro atoms. The molecule has 0 aliphatic carbocycles. The van der Waals surface area contributed by atoms with Crippen molar-refractivity contribution in [1.82, 2.24) is 5.06 Å². The third kappa shape index (κ3) is 4.85. The molecule has 154 valence electrons. The third-order valence-corrected chi connectivity index (χ3v) is 5.55. The number of benzene rings is 1. The number of anilines is 1. The Morgan fingerprint density at radius 1 is 1.07 bits per heavy atom. The van der Waals surface area contributed by atoms with Gasteiger partial charge in [-0.25, -0.2) is 4.79 Å². The van der Waals surface area contributed by atoms with E-state index < -0.39 is 6.09 Å². The zero-order valence-electron chi connectivity index (χ0n) is 18.0. The second-order valence-corrected chi connectivity index (χ2v) is 10.00. The Morgan fingerprint density at radius 3 is 2.18 bits per heavy atom. The number of hydrogen-bond donors (Lipinski definition) is 1. The number of oxime groups is 1. The maximum absolute atomic E-state index is 12.2. The largest absolute Gasteiger partial charge is 0.430 e. The van der Waals surface area contributed by atoms with E-state index in [-0.39, 0.29) is 16.4 Å². The van der Waals surface area contributed by atoms with Gasteiger partial charge in [0, 0.05) is 43.5 Å². The summed E-state index contributed by atoms with van der Waals surface area (Å²) in [4.78, 5) is 23.5. The molecule has 2 heterocycles. The summed E-state index contributed by atoms with van der Waals surface area (Å²) in [6, 6.07) is 7.88. The summed E-state index contributed by atoms with van der Waals surface area (Å²) < 4.78 is 0. The van der Waals surface area contributed by atoms with E-state index in [0.717, 1.165) is 30.7 Å². The molecule has 0 saturated carbocycles. The normalized spacial score (nSPS) is 19.9. The molecule has 28 heavy (non-hydrogen) atoms. The average molecular weight is 388 g/mol. The summed E-state index contributed by atoms with van der Waals surface area (Å²) >= 11 is 0. The lowest BCUT2D eigenvalue weighted by atomic mass is 9.80. The van der Waals surface area contributed by atoms with E-state index in [4.69, 9.17) is 9.68 Å². The molecule has 1 aromatic rings. The molecule has 1 aromatic carbocycles. The molecule has 2 aliphatic heterocycles. The second-order valence-electron chi connectivity index (χ2n) is 10.00. The number of nitrogens with zero attached hydrogens (tertiary/aromatic N) is 2. The Morgan fingerprint density at radius 2 is 1.68 bits per heavy atom. The van der Waals surface area contributed by atoms with Gasteiger partial charge in [0.25, 0.3) is 0 Å². The van der Waals surface area contributed by atoms with Crippen LogP contribution in [0.1, 0.15) is 66.4 Å². The minimum absolute atomic E-state index is 0.0273. The predicted octanol–water partition coefficient (Wildman–Crippen LogP) is 5.10. The Balaban J connectivity index is 1.47. The Hall–Kier alpha value is -2.08. The van der Waals surface area contributed by atoms with Crippen molar-refractivity contribution in [3.63, 3.8) is 0 Å². The van der Waals surface area contributed by atoms with E-state index in [0.29, 0.717) is 13.1 Å². The van der Waals surface area contributed by atoms with E-state index in [1.165, 1.54) is 5.56 Å². The Kier molecular flexibility index (Phi) is 5.45. The topological polar surface area (TPSA) is 63.2 Å². The van der Waals surface area contributed by atoms with Crippen LogP contribution in [0, 0.1) is 5.41 Å². The number of nitrogens with one attached hydrogen (secondary N) is 1. The van der Waals surface area contributed by atoms with E-state index in [2.05, 4.69) is 52.0 Å². The van der Waals surface area contributed by atoms with Crippen LogP contribution < -0.4 is 5.32 Å². The van der Waals surface area contributed by atoms with Gasteiger partial charge in [0.05, 0.1) is 5.71 Å². The van der Waals surface area contributed by atoms with Gasteiger partial charge >= 0.3 is 6.09 Å². The van der Waals surface area contributed by atoms with Gasteiger partial charge in [0.15, 0.2) is 0 Å². The first kappa shape index (κ1) is 20.6. The van der Waals surface area contributed by atoms with Crippen LogP contribution in [0.25, 0.3) is 0 Å². The van der Waals surface area contributed by atoms with Gasteiger partial charge in [-0.15, -0.1) is 5.06 Å². The molecule has 1 saturated heterocycles. The third-order valence-electron chi connectivity index (χ3n) is 5.55. The number of hydrogen-bond acceptors (Lipinski definition) is 5. The summed E-state index contributed by atoms with van der Waals surface area (Å²) in [6.07, 6.45) is 1.99. The van der Waals surface area contributed by atoms with Crippen LogP contribution >= 0.6 is 0 Å². The zero-order valence-corrected chi connectivity index (χ0v) is 18.0. The van der Waals surface area contributed by atoms with Crippen molar-refractivity contribution in [3.8, 4) is 0 Å². The van der Waals surface area contributed by atoms with Crippen LogP contribution in [0.4, 0.5) is 10.5 Å². The zero-order chi connectivity index (χ0) is 20.6. The monoisotopic (exact) mass is 387 g/mol. The number of amides is 1. The first-order chi connectivity index (χ1) is 13.0. The van der Waals surface area contributed by atoms with Crippen LogP contribution in [0.15, 0.2) is 29.4 Å². The van der Waals surface area contributed by atoms with Gasteiger partial charge < -0.3 is 9.68 Å². The summed E-state index contributed by atoms with van der Waals surface area (Å²) in [7, 11) is 0. The molecule has 0 atom stereocenters. The van der Waals surface area contributed by atoms with Gasteiger partial charge in [-0.2, -0.15) is 0 Å². The van der Waals surface area contributed by atoms with E-state index in [9.17, 15) is 4.79 Å². The van der Waals surface area contributed by atoms with Gasteiger partial charge in [-0.1, -0.05) is 58.8 Å². The number of piperidine rings is 1. The van der Waals surface area contributed by atoms with Crippen molar-refractivity contribution in [2.24, 2.45) is 10.6 Å². The molecule has 0 aromatic heterocycles. The van der Waals surface area contributed by atoms with E-state index >= 15 is 0 Å². The fourth-order valence-electron chi connectivity index (χ4n) is 3.49. The first-order valence-corrected chi connectivity index (χ1v) is 10.1. The van der Waals surface area contributed by atoms with Crippen LogP contribution in [-0.2, 0) is 15.1 Å². The lowest BCUT2D eigenvalue weighted by Crippen LogP contribution is -2.46. The smallest absolute Gasteiger partial charge is 0.389 e. The van der Waals surface area contributed by atoms with Gasteiger partial charge in [0.1, 0.15) is 5.60 Å². The molecule has 3 rings (SSSR count). The summed E-state index contributed by atoms with van der Waals surface area (Å²) in [5.74, 6) is 0. The quantitative estimate of drug-likeness (QED) is 0.766. The van der Waals surface area contributed by atoms with Crippen molar-refractivity contribution in [1.29, 1.82) is 0 Å². The van der Waals surface area contributed by atoms with Gasteiger partial charge in [-0.05, 0) is 23.1 Å². The van der Waals surface area contributed by atoms with E-state index in [1.807, 2.05) is 24.3 Å². The van der Waals surface area contributed by atoms with Gasteiger partial charge in [0.2, 0.25) is 0 Å². The highest BCUT2D eigenvalue weighted by molar-refractivity contribution is 5.90. The minimum Gasteiger partial charge on any atom is -0.389 e. The van der Waals surface area contributed by atoms with Crippen molar-refractivity contribution in [2.45, 2.75) is 71.8 Å². The highest BCUT2D eigenvalue weighted by atomic mass is 16.7. The number of rotatable bonds is 2. The molecular weight excluding hydrogens is 354 g/mol. The van der Waals surface area contributed by atoms with Crippen molar-refractivity contribution in [3.05, 3.63) is 29.8 Å². The second kappa shape index (κ2) is 7.39. The molecule has 6 nitrogen and oxygen atoms in total. The predicted molar refractivity (Wildman–Crippen MR) is 111 cm³/mol. The lowest BCUT2D eigenvalue weighted by Gasteiger charge is -2.36. The average Bonchev–Trinajstić information content (AvgIpc) is 3.01. The molecule has 1 N–H and O–H groups in total. The molecule has 2 aliphatic rings. The summed E-state index contributed by atoms with van der Waals surface area (Å²) in [6.45, 7) is 14.2. The summed E-state index contributed by atoms with van der Waals surface area (Å²) in [5, 5.41) is 8.84. The molecular formula is C22H33N3O3. The SMILES string of the molecule is CC(C)(C)C1=NOC2(CCN(OC(=O)Nc3ccc(C(C)(C)C)cc3)CC2)C1. The lowest BCUT2D eigenvalue weighted by molar-refractivity contribution is -0.154. The Labute approximate surface area is 168 Å². The highest BCUT2D eigenvalue weighted by Crippen LogP contribution is 2.38. The molecule has 0 radical (unpaired) electrons. The molecule has 1 amide bonds. The highest BCUT2D eigenvalue weighted by Gasteiger charge is 2.45. The molecule has 0 unspecified atom stereocenters. The van der Waals surface area contributed by atoms with Gasteiger partial charge in [-0.3, -0.25) is 5.32 Å². The standard InChI is InChI=1S/C22H33N3O3/c1-20(2,3)16-7-9-17(10-8-16)23-19(26)27-25-13-11-22(12-14-25)15-18(24-28-22)21(4,5)6/h7-10H,11-15H2,1-6H3,(H,23,26). The fourth-order valence-corrected chi connectivity index (χ4v) is 3.49. The number of carbonyl (C=O) groups excluding carboxylic acids is 1. The van der Waals surface area contributed by atoms with E-state index in [1.54, 1.807) is 5.06 Å². The maximum atomic E-state index is 12.2. The maximum Gasteiger partial charge on any atom is 0.430 e. The first-order valence-electron chi connectivity index (χ1n) is 10.1. The summed E-state index contributed by atoms with van der Waals surface area (Å²) in [5.41, 5.74) is 2.94. The van der Waals surface area contributed by atoms with Crippen LogP contribution in [0.2, 0.25) is 0 Å². The number of hydroxylamine groups is 2. The van der Waals surface area contributed by atoms with Crippen LogP contribution in [0.3, 0.4) is 0 Å². The molecule has 1 fully saturated rings.